The van der Waals surface area contributed by atoms with Crippen LogP contribution in [0.5, 0.6) is 17.2 Å². The van der Waals surface area contributed by atoms with E-state index in [4.69, 9.17) is 14.2 Å². The molecule has 3 amide bonds. The Morgan fingerprint density at radius 2 is 1.56 bits per heavy atom. The van der Waals surface area contributed by atoms with Crippen LogP contribution in [0.2, 0.25) is 0 Å². The van der Waals surface area contributed by atoms with Crippen LogP contribution in [0.1, 0.15) is 20.7 Å². The molecule has 0 saturated heterocycles. The van der Waals surface area contributed by atoms with Crippen LogP contribution in [-0.2, 0) is 4.74 Å². The minimum atomic E-state index is -0.895. The van der Waals surface area contributed by atoms with Gasteiger partial charge in [0.25, 0.3) is 11.8 Å². The van der Waals surface area contributed by atoms with Gasteiger partial charge in [-0.2, -0.15) is 0 Å². The molecule has 2 aromatic rings. The molecule has 1 aromatic heterocycles. The number of anilines is 1. The van der Waals surface area contributed by atoms with Gasteiger partial charge >= 0.3 is 6.09 Å². The maximum absolute atomic E-state index is 12.6. The van der Waals surface area contributed by atoms with Crippen LogP contribution in [-0.4, -0.2) is 46.3 Å². The summed E-state index contributed by atoms with van der Waals surface area (Å²) in [5.74, 6) is -0.202. The number of ether oxygens (including phenoxy) is 4. The molecule has 27 heavy (non-hydrogen) atoms. The van der Waals surface area contributed by atoms with Crippen molar-refractivity contribution in [3.05, 3.63) is 34.7 Å². The van der Waals surface area contributed by atoms with Crippen molar-refractivity contribution in [2.24, 2.45) is 0 Å². The van der Waals surface area contributed by atoms with Gasteiger partial charge in [0.2, 0.25) is 5.75 Å². The highest BCUT2D eigenvalue weighted by atomic mass is 32.1. The SMILES string of the molecule is COC(=O)NC(=O)c1ccsc1NC(=O)c1cc(OC)c(OC)c(OC)c1. The molecule has 0 fully saturated rings. The van der Waals surface area contributed by atoms with Gasteiger partial charge in [-0.1, -0.05) is 0 Å². The van der Waals surface area contributed by atoms with Crippen molar-refractivity contribution in [1.82, 2.24) is 5.32 Å². The fourth-order valence-electron chi connectivity index (χ4n) is 2.18. The lowest BCUT2D eigenvalue weighted by atomic mass is 10.1. The van der Waals surface area contributed by atoms with Gasteiger partial charge in [0, 0.05) is 5.56 Å². The van der Waals surface area contributed by atoms with Crippen molar-refractivity contribution < 1.29 is 33.3 Å². The van der Waals surface area contributed by atoms with E-state index >= 15 is 0 Å². The van der Waals surface area contributed by atoms with Gasteiger partial charge in [0.1, 0.15) is 5.00 Å². The van der Waals surface area contributed by atoms with Crippen LogP contribution in [0.4, 0.5) is 9.80 Å². The minimum absolute atomic E-state index is 0.131. The molecule has 2 N–H and O–H groups in total. The van der Waals surface area contributed by atoms with Gasteiger partial charge in [-0.3, -0.25) is 14.9 Å². The summed E-state index contributed by atoms with van der Waals surface area (Å²) in [5, 5.41) is 6.55. The standard InChI is InChI=1S/C17H18N2O7S/c1-23-11-7-9(8-12(24-2)13(11)25-3)14(20)18-16-10(5-6-27-16)15(21)19-17(22)26-4/h5-8H,1-4H3,(H,18,20)(H,19,21,22). The third-order valence-corrected chi connectivity index (χ3v) is 4.29. The first-order valence-corrected chi connectivity index (χ1v) is 8.41. The van der Waals surface area contributed by atoms with E-state index in [1.807, 2.05) is 5.32 Å². The summed E-state index contributed by atoms with van der Waals surface area (Å²) >= 11 is 1.13. The Balaban J connectivity index is 2.27. The smallest absolute Gasteiger partial charge is 0.413 e. The van der Waals surface area contributed by atoms with E-state index in [0.29, 0.717) is 17.2 Å². The van der Waals surface area contributed by atoms with Crippen LogP contribution in [0.3, 0.4) is 0 Å². The number of carbonyl (C=O) groups excluding carboxylic acids is 3. The summed E-state index contributed by atoms with van der Waals surface area (Å²) in [4.78, 5) is 35.9. The van der Waals surface area contributed by atoms with Crippen LogP contribution < -0.4 is 24.8 Å². The van der Waals surface area contributed by atoms with Gasteiger partial charge in [-0.05, 0) is 23.6 Å². The molecule has 1 heterocycles. The van der Waals surface area contributed by atoms with Crippen molar-refractivity contribution in [2.45, 2.75) is 0 Å². The van der Waals surface area contributed by atoms with Gasteiger partial charge in [-0.25, -0.2) is 4.79 Å². The highest BCUT2D eigenvalue weighted by Crippen LogP contribution is 2.38. The number of nitrogens with one attached hydrogen (secondary N) is 2. The number of thiophene rings is 1. The van der Waals surface area contributed by atoms with Crippen LogP contribution in [0.25, 0.3) is 0 Å². The number of imide groups is 1. The zero-order chi connectivity index (χ0) is 20.0. The summed E-state index contributed by atoms with van der Waals surface area (Å²) in [5.41, 5.74) is 0.364. The lowest BCUT2D eigenvalue weighted by molar-refractivity contribution is 0.0938. The molecule has 10 heteroatoms. The molecule has 9 nitrogen and oxygen atoms in total. The number of hydrogen-bond donors (Lipinski definition) is 2. The molecule has 0 atom stereocenters. The van der Waals surface area contributed by atoms with E-state index in [-0.39, 0.29) is 16.1 Å². The first-order chi connectivity index (χ1) is 12.9. The molecular formula is C17H18N2O7S. The molecule has 0 bridgehead atoms. The third kappa shape index (κ3) is 4.47. The van der Waals surface area contributed by atoms with E-state index in [1.54, 1.807) is 5.38 Å². The lowest BCUT2D eigenvalue weighted by Crippen LogP contribution is -2.30. The number of methoxy groups -OCH3 is 4. The van der Waals surface area contributed by atoms with Crippen LogP contribution in [0, 0.1) is 0 Å². The summed E-state index contributed by atoms with van der Waals surface area (Å²) in [6.45, 7) is 0. The Morgan fingerprint density at radius 1 is 0.926 bits per heavy atom. The maximum atomic E-state index is 12.6. The lowest BCUT2D eigenvalue weighted by Gasteiger charge is -2.14. The quantitative estimate of drug-likeness (QED) is 0.774. The Bertz CT molecular complexity index is 838. The first kappa shape index (κ1) is 20.0. The van der Waals surface area contributed by atoms with E-state index in [2.05, 4.69) is 10.1 Å². The van der Waals surface area contributed by atoms with Gasteiger partial charge in [0.05, 0.1) is 34.0 Å². The van der Waals surface area contributed by atoms with Crippen molar-refractivity contribution >= 4 is 34.2 Å². The molecule has 0 unspecified atom stereocenters. The van der Waals surface area contributed by atoms with Crippen molar-refractivity contribution in [2.75, 3.05) is 33.8 Å². The van der Waals surface area contributed by atoms with Crippen molar-refractivity contribution in [1.29, 1.82) is 0 Å². The number of hydrogen-bond acceptors (Lipinski definition) is 8. The van der Waals surface area contributed by atoms with E-state index in [1.165, 1.54) is 39.5 Å². The summed E-state index contributed by atoms with van der Waals surface area (Å²) in [6.07, 6.45) is -0.895. The molecule has 144 valence electrons. The predicted octanol–water partition coefficient (Wildman–Crippen LogP) is 2.52. The maximum Gasteiger partial charge on any atom is 0.413 e. The average Bonchev–Trinajstić information content (AvgIpc) is 3.14. The number of benzene rings is 1. The third-order valence-electron chi connectivity index (χ3n) is 3.46. The molecule has 0 radical (unpaired) electrons. The molecule has 0 aliphatic heterocycles. The summed E-state index contributed by atoms with van der Waals surface area (Å²) < 4.78 is 20.1. The highest BCUT2D eigenvalue weighted by Gasteiger charge is 2.20. The molecular weight excluding hydrogens is 376 g/mol. The fourth-order valence-corrected chi connectivity index (χ4v) is 2.96. The second kappa shape index (κ2) is 8.90. The zero-order valence-electron chi connectivity index (χ0n) is 15.1. The second-order valence-electron chi connectivity index (χ2n) is 4.98. The van der Waals surface area contributed by atoms with Crippen LogP contribution in [0.15, 0.2) is 23.6 Å². The Morgan fingerprint density at radius 3 is 2.07 bits per heavy atom. The van der Waals surface area contributed by atoms with Crippen molar-refractivity contribution in [3.63, 3.8) is 0 Å². The highest BCUT2D eigenvalue weighted by molar-refractivity contribution is 7.14. The van der Waals surface area contributed by atoms with E-state index in [0.717, 1.165) is 18.4 Å². The Kier molecular flexibility index (Phi) is 6.61. The minimum Gasteiger partial charge on any atom is -0.493 e. The molecule has 2 rings (SSSR count). The number of carbonyl (C=O) groups is 3. The molecule has 0 aliphatic rings. The predicted molar refractivity (Wildman–Crippen MR) is 98.2 cm³/mol. The number of amides is 3. The number of rotatable bonds is 6. The Hall–Kier alpha value is -3.27. The van der Waals surface area contributed by atoms with Crippen molar-refractivity contribution in [3.8, 4) is 17.2 Å². The summed E-state index contributed by atoms with van der Waals surface area (Å²) in [7, 11) is 5.47. The normalized spacial score (nSPS) is 9.93. The summed E-state index contributed by atoms with van der Waals surface area (Å²) in [6, 6.07) is 4.45. The first-order valence-electron chi connectivity index (χ1n) is 7.53. The van der Waals surface area contributed by atoms with Gasteiger partial charge < -0.3 is 24.3 Å². The Labute approximate surface area is 159 Å². The van der Waals surface area contributed by atoms with E-state index in [9.17, 15) is 14.4 Å². The topological polar surface area (TPSA) is 112 Å². The molecule has 0 aliphatic carbocycles. The van der Waals surface area contributed by atoms with E-state index < -0.39 is 17.9 Å². The second-order valence-corrected chi connectivity index (χ2v) is 5.89. The largest absolute Gasteiger partial charge is 0.493 e. The average molecular weight is 394 g/mol. The number of alkyl carbamates (subject to hydrolysis) is 1. The zero-order valence-corrected chi connectivity index (χ0v) is 15.9. The molecule has 0 saturated carbocycles. The van der Waals surface area contributed by atoms with Gasteiger partial charge in [0.15, 0.2) is 11.5 Å². The monoisotopic (exact) mass is 394 g/mol. The molecule has 0 spiro atoms. The van der Waals surface area contributed by atoms with Gasteiger partial charge in [-0.15, -0.1) is 11.3 Å². The molecule has 1 aromatic carbocycles. The van der Waals surface area contributed by atoms with Crippen LogP contribution >= 0.6 is 11.3 Å². The fraction of sp³-hybridized carbons (Fsp3) is 0.235.